The van der Waals surface area contributed by atoms with Crippen LogP contribution in [0.25, 0.3) is 0 Å². The van der Waals surface area contributed by atoms with E-state index in [1.54, 1.807) is 7.05 Å². The van der Waals surface area contributed by atoms with Gasteiger partial charge in [0.05, 0.1) is 6.10 Å². The van der Waals surface area contributed by atoms with E-state index in [0.717, 1.165) is 31.6 Å². The molecular formula is C15H22N4O. The molecule has 1 saturated heterocycles. The molecule has 0 spiro atoms. The van der Waals surface area contributed by atoms with Crippen LogP contribution in [0.5, 0.6) is 0 Å². The van der Waals surface area contributed by atoms with Gasteiger partial charge in [-0.2, -0.15) is 0 Å². The van der Waals surface area contributed by atoms with E-state index >= 15 is 0 Å². The molecule has 20 heavy (non-hydrogen) atoms. The van der Waals surface area contributed by atoms with Crippen LogP contribution in [0, 0.1) is 11.8 Å². The van der Waals surface area contributed by atoms with Crippen LogP contribution >= 0.6 is 0 Å². The molecule has 2 unspecified atom stereocenters. The van der Waals surface area contributed by atoms with Crippen LogP contribution in [0.1, 0.15) is 12.8 Å². The highest BCUT2D eigenvalue weighted by molar-refractivity contribution is 5.92. The minimum absolute atomic E-state index is 0.0900. The monoisotopic (exact) mass is 274 g/mol. The summed E-state index contributed by atoms with van der Waals surface area (Å²) < 4.78 is 0. The number of nitrogens with one attached hydrogen (secondary N) is 1. The fourth-order valence-corrected chi connectivity index (χ4v) is 3.36. The number of hydrogen-bond donors (Lipinski definition) is 3. The number of rotatable bonds is 2. The molecule has 1 aliphatic carbocycles. The standard InChI is InChI=1S/C15H22N4O/c1-17-15(16)18-12-4-6-13(7-5-12)19-8-10-2-3-11(9-19)14(10)20/h4-7,10-11,14,20H,2-3,8-9H2,1H3,(H3,16,17,18). The van der Waals surface area contributed by atoms with Gasteiger partial charge in [-0.15, -0.1) is 0 Å². The minimum Gasteiger partial charge on any atom is -0.392 e. The van der Waals surface area contributed by atoms with Crippen molar-refractivity contribution >= 4 is 17.3 Å². The van der Waals surface area contributed by atoms with E-state index in [9.17, 15) is 5.11 Å². The normalized spacial score (nSPS) is 29.6. The van der Waals surface area contributed by atoms with Crippen molar-refractivity contribution in [3.8, 4) is 0 Å². The first-order valence-corrected chi connectivity index (χ1v) is 7.19. The number of piperidine rings is 1. The van der Waals surface area contributed by atoms with E-state index in [0.29, 0.717) is 17.8 Å². The first kappa shape index (κ1) is 13.2. The third kappa shape index (κ3) is 2.45. The Morgan fingerprint density at radius 2 is 1.85 bits per heavy atom. The van der Waals surface area contributed by atoms with E-state index in [1.165, 1.54) is 5.69 Å². The van der Waals surface area contributed by atoms with Crippen molar-refractivity contribution in [3.05, 3.63) is 24.3 Å². The second kappa shape index (κ2) is 5.32. The zero-order chi connectivity index (χ0) is 14.1. The average Bonchev–Trinajstić information content (AvgIpc) is 2.68. The fraction of sp³-hybridized carbons (Fsp3) is 0.533. The molecule has 0 radical (unpaired) electrons. The topological polar surface area (TPSA) is 73.9 Å². The van der Waals surface area contributed by atoms with Crippen molar-refractivity contribution in [2.24, 2.45) is 22.6 Å². The lowest BCUT2D eigenvalue weighted by molar-refractivity contribution is 0.0793. The number of benzene rings is 1. The van der Waals surface area contributed by atoms with Crippen LogP contribution in [0.3, 0.4) is 0 Å². The van der Waals surface area contributed by atoms with Crippen molar-refractivity contribution in [1.29, 1.82) is 0 Å². The molecule has 3 rings (SSSR count). The highest BCUT2D eigenvalue weighted by Crippen LogP contribution is 2.38. The Morgan fingerprint density at radius 1 is 1.25 bits per heavy atom. The Labute approximate surface area is 119 Å². The molecule has 1 aromatic carbocycles. The molecule has 1 aromatic rings. The quantitative estimate of drug-likeness (QED) is 0.560. The lowest BCUT2D eigenvalue weighted by Gasteiger charge is -2.37. The van der Waals surface area contributed by atoms with E-state index in [-0.39, 0.29) is 6.10 Å². The minimum atomic E-state index is -0.0900. The van der Waals surface area contributed by atoms with Gasteiger partial charge in [-0.25, -0.2) is 0 Å². The van der Waals surface area contributed by atoms with Gasteiger partial charge < -0.3 is 21.1 Å². The number of hydrogen-bond acceptors (Lipinski definition) is 3. The molecule has 2 fully saturated rings. The number of nitrogens with zero attached hydrogens (tertiary/aromatic N) is 2. The molecule has 5 heteroatoms. The summed E-state index contributed by atoms with van der Waals surface area (Å²) >= 11 is 0. The Bertz CT molecular complexity index is 485. The van der Waals surface area contributed by atoms with Gasteiger partial charge in [-0.3, -0.25) is 4.99 Å². The first-order valence-electron chi connectivity index (χ1n) is 7.19. The maximum absolute atomic E-state index is 10.1. The van der Waals surface area contributed by atoms with Gasteiger partial charge in [0, 0.05) is 43.3 Å². The molecule has 5 nitrogen and oxygen atoms in total. The van der Waals surface area contributed by atoms with E-state index < -0.39 is 0 Å². The second-order valence-corrected chi connectivity index (χ2v) is 5.77. The summed E-state index contributed by atoms with van der Waals surface area (Å²) in [5.74, 6) is 1.29. The number of aliphatic imine (C=N–C) groups is 1. The molecule has 1 saturated carbocycles. The molecule has 1 aliphatic heterocycles. The number of anilines is 2. The maximum atomic E-state index is 10.1. The smallest absolute Gasteiger partial charge is 0.192 e. The van der Waals surface area contributed by atoms with Gasteiger partial charge in [0.2, 0.25) is 0 Å². The number of aliphatic hydroxyl groups is 1. The van der Waals surface area contributed by atoms with E-state index in [1.807, 2.05) is 12.1 Å². The summed E-state index contributed by atoms with van der Waals surface area (Å²) in [6.07, 6.45) is 2.23. The summed E-state index contributed by atoms with van der Waals surface area (Å²) in [6, 6.07) is 8.23. The zero-order valence-electron chi connectivity index (χ0n) is 11.8. The van der Waals surface area contributed by atoms with Gasteiger partial charge in [0.15, 0.2) is 5.96 Å². The molecule has 0 amide bonds. The van der Waals surface area contributed by atoms with Crippen molar-refractivity contribution < 1.29 is 5.11 Å². The van der Waals surface area contributed by atoms with Gasteiger partial charge in [0.1, 0.15) is 0 Å². The van der Waals surface area contributed by atoms with Crippen LogP contribution in [0.2, 0.25) is 0 Å². The molecule has 2 atom stereocenters. The Hall–Kier alpha value is -1.75. The van der Waals surface area contributed by atoms with Crippen LogP contribution in [0.15, 0.2) is 29.3 Å². The van der Waals surface area contributed by atoms with Crippen molar-refractivity contribution in [2.45, 2.75) is 18.9 Å². The Morgan fingerprint density at radius 3 is 2.40 bits per heavy atom. The van der Waals surface area contributed by atoms with Crippen molar-refractivity contribution in [1.82, 2.24) is 0 Å². The molecule has 2 aliphatic rings. The number of aliphatic hydroxyl groups excluding tert-OH is 1. The van der Waals surface area contributed by atoms with Crippen LogP contribution in [0.4, 0.5) is 11.4 Å². The average molecular weight is 274 g/mol. The van der Waals surface area contributed by atoms with Gasteiger partial charge in [0.25, 0.3) is 0 Å². The predicted molar refractivity (Wildman–Crippen MR) is 82.0 cm³/mol. The highest BCUT2D eigenvalue weighted by atomic mass is 16.3. The second-order valence-electron chi connectivity index (χ2n) is 5.77. The Kier molecular flexibility index (Phi) is 3.53. The molecule has 2 bridgehead atoms. The van der Waals surface area contributed by atoms with Crippen LogP contribution in [-0.4, -0.2) is 37.3 Å². The number of fused-ring (bicyclic) bond motifs is 2. The first-order chi connectivity index (χ1) is 9.67. The highest BCUT2D eigenvalue weighted by Gasteiger charge is 2.40. The maximum Gasteiger partial charge on any atom is 0.192 e. The predicted octanol–water partition coefficient (Wildman–Crippen LogP) is 1.25. The molecule has 108 valence electrons. The summed E-state index contributed by atoms with van der Waals surface area (Å²) in [5, 5.41) is 13.1. The third-order valence-corrected chi connectivity index (χ3v) is 4.53. The SMILES string of the molecule is CN=C(N)Nc1ccc(N2CC3CCC(C2)C3O)cc1. The number of nitrogens with two attached hydrogens (primary N) is 1. The van der Waals surface area contributed by atoms with Gasteiger partial charge in [-0.05, 0) is 37.1 Å². The summed E-state index contributed by atoms with van der Waals surface area (Å²) in [4.78, 5) is 6.26. The van der Waals surface area contributed by atoms with Crippen LogP contribution < -0.4 is 16.0 Å². The molecule has 4 N–H and O–H groups in total. The van der Waals surface area contributed by atoms with Crippen molar-refractivity contribution in [2.75, 3.05) is 30.4 Å². The summed E-state index contributed by atoms with van der Waals surface area (Å²) in [7, 11) is 1.66. The van der Waals surface area contributed by atoms with Crippen LogP contribution in [-0.2, 0) is 0 Å². The molecular weight excluding hydrogens is 252 g/mol. The Balaban J connectivity index is 1.69. The fourth-order valence-electron chi connectivity index (χ4n) is 3.36. The van der Waals surface area contributed by atoms with Gasteiger partial charge >= 0.3 is 0 Å². The zero-order valence-corrected chi connectivity index (χ0v) is 11.8. The summed E-state index contributed by atoms with van der Waals surface area (Å²) in [5.41, 5.74) is 7.80. The lowest BCUT2D eigenvalue weighted by Crippen LogP contribution is -2.44. The largest absolute Gasteiger partial charge is 0.392 e. The van der Waals surface area contributed by atoms with E-state index in [4.69, 9.17) is 5.73 Å². The molecule has 1 heterocycles. The lowest BCUT2D eigenvalue weighted by atomic mass is 9.95. The molecule has 0 aromatic heterocycles. The number of guanidine groups is 1. The van der Waals surface area contributed by atoms with Crippen molar-refractivity contribution in [3.63, 3.8) is 0 Å². The van der Waals surface area contributed by atoms with Gasteiger partial charge in [-0.1, -0.05) is 0 Å². The third-order valence-electron chi connectivity index (χ3n) is 4.53. The van der Waals surface area contributed by atoms with E-state index in [2.05, 4.69) is 27.3 Å². The summed E-state index contributed by atoms with van der Waals surface area (Å²) in [6.45, 7) is 1.92.